The van der Waals surface area contributed by atoms with Crippen LogP contribution >= 0.6 is 11.3 Å². The molecule has 2 aromatic heterocycles. The number of ketones is 2. The van der Waals surface area contributed by atoms with Gasteiger partial charge in [-0.25, -0.2) is 14.8 Å². The number of nitrogens with zero attached hydrogens (tertiary/aromatic N) is 3. The van der Waals surface area contributed by atoms with Crippen molar-refractivity contribution in [3.05, 3.63) is 34.5 Å². The van der Waals surface area contributed by atoms with Gasteiger partial charge in [0.15, 0.2) is 16.7 Å². The molecular formula is C19H20N4O5S. The number of amides is 2. The first-order chi connectivity index (χ1) is 13.8. The van der Waals surface area contributed by atoms with Gasteiger partial charge in [-0.15, -0.1) is 0 Å². The van der Waals surface area contributed by atoms with Crippen LogP contribution in [0, 0.1) is 5.92 Å². The molecule has 3 rings (SSSR count). The van der Waals surface area contributed by atoms with Crippen molar-refractivity contribution in [2.24, 2.45) is 5.92 Å². The Morgan fingerprint density at radius 1 is 1.34 bits per heavy atom. The van der Waals surface area contributed by atoms with E-state index in [0.717, 1.165) is 16.2 Å². The predicted molar refractivity (Wildman–Crippen MR) is 107 cm³/mol. The highest BCUT2D eigenvalue weighted by molar-refractivity contribution is 7.17. The maximum atomic E-state index is 13.0. The minimum absolute atomic E-state index is 0.216. The average Bonchev–Trinajstić information content (AvgIpc) is 3.00. The zero-order valence-corrected chi connectivity index (χ0v) is 16.8. The lowest BCUT2D eigenvalue weighted by molar-refractivity contribution is -0.114. The second-order valence-corrected chi connectivity index (χ2v) is 7.58. The van der Waals surface area contributed by atoms with Crippen molar-refractivity contribution in [1.82, 2.24) is 9.97 Å². The van der Waals surface area contributed by atoms with Gasteiger partial charge >= 0.3 is 6.09 Å². The molecule has 152 valence electrons. The highest BCUT2D eigenvalue weighted by Crippen LogP contribution is 2.33. The highest BCUT2D eigenvalue weighted by Gasteiger charge is 2.34. The number of Topliss-reactive ketones (excluding diaryl/α,β-unsaturated/α-hetero) is 2. The van der Waals surface area contributed by atoms with E-state index >= 15 is 0 Å². The van der Waals surface area contributed by atoms with E-state index in [1.54, 1.807) is 6.92 Å². The number of thiazole rings is 1. The first-order valence-electron chi connectivity index (χ1n) is 9.14. The number of aryl methyl sites for hydroxylation is 1. The number of carboxylic acid groups (broad SMARTS) is 1. The Balaban J connectivity index is 1.83. The molecule has 2 N–H and O–H groups in total. The number of aromatic nitrogens is 2. The summed E-state index contributed by atoms with van der Waals surface area (Å²) in [6, 6.07) is 2.95. The topological polar surface area (TPSA) is 130 Å². The second kappa shape index (κ2) is 8.48. The molecule has 0 aromatic carbocycles. The Bertz CT molecular complexity index is 969. The molecule has 0 fully saturated rings. The van der Waals surface area contributed by atoms with E-state index in [4.69, 9.17) is 5.11 Å². The molecule has 1 aliphatic rings. The summed E-state index contributed by atoms with van der Waals surface area (Å²) in [7, 11) is 0. The number of carbonyl (C=O) groups is 4. The summed E-state index contributed by atoms with van der Waals surface area (Å²) in [5.74, 6) is -1.57. The summed E-state index contributed by atoms with van der Waals surface area (Å²) in [6.07, 6.45) is 1.74. The Hall–Kier alpha value is -3.14. The van der Waals surface area contributed by atoms with Crippen molar-refractivity contribution < 1.29 is 24.3 Å². The molecule has 29 heavy (non-hydrogen) atoms. The Morgan fingerprint density at radius 3 is 2.69 bits per heavy atom. The summed E-state index contributed by atoms with van der Waals surface area (Å²) in [5.41, 5.74) is 0.858. The number of carbonyl (C=O) groups excluding carboxylic acids is 3. The first kappa shape index (κ1) is 20.6. The molecule has 0 saturated carbocycles. The van der Waals surface area contributed by atoms with Crippen molar-refractivity contribution in [2.45, 2.75) is 33.1 Å². The second-order valence-electron chi connectivity index (χ2n) is 6.58. The fourth-order valence-electron chi connectivity index (χ4n) is 3.22. The maximum absolute atomic E-state index is 13.0. The van der Waals surface area contributed by atoms with Gasteiger partial charge in [-0.2, -0.15) is 0 Å². The van der Waals surface area contributed by atoms with Crippen LogP contribution in [0.2, 0.25) is 0 Å². The zero-order valence-electron chi connectivity index (χ0n) is 16.0. The fourth-order valence-corrected chi connectivity index (χ4v) is 4.27. The van der Waals surface area contributed by atoms with Crippen LogP contribution in [0.3, 0.4) is 0 Å². The normalized spacial score (nSPS) is 15.9. The number of pyridine rings is 1. The average molecular weight is 416 g/mol. The van der Waals surface area contributed by atoms with E-state index in [0.29, 0.717) is 35.0 Å². The van der Waals surface area contributed by atoms with Gasteiger partial charge in [-0.3, -0.25) is 19.3 Å². The van der Waals surface area contributed by atoms with Crippen molar-refractivity contribution in [3.63, 3.8) is 0 Å². The lowest BCUT2D eigenvalue weighted by Crippen LogP contribution is -2.29. The minimum Gasteiger partial charge on any atom is -0.465 e. The van der Waals surface area contributed by atoms with Gasteiger partial charge in [0.1, 0.15) is 5.82 Å². The smallest absolute Gasteiger partial charge is 0.412 e. The van der Waals surface area contributed by atoms with Crippen LogP contribution in [0.5, 0.6) is 0 Å². The van der Waals surface area contributed by atoms with E-state index in [-0.39, 0.29) is 35.4 Å². The number of nitrogens with one attached hydrogen (secondary N) is 1. The van der Waals surface area contributed by atoms with Crippen molar-refractivity contribution >= 4 is 45.9 Å². The fraction of sp³-hybridized carbons (Fsp3) is 0.368. The number of hydrogen-bond acceptors (Lipinski definition) is 7. The summed E-state index contributed by atoms with van der Waals surface area (Å²) >= 11 is 1.08. The first-order valence-corrected chi connectivity index (χ1v) is 9.95. The van der Waals surface area contributed by atoms with Crippen LogP contribution < -0.4 is 10.2 Å². The van der Waals surface area contributed by atoms with Gasteiger partial charge in [-0.1, -0.05) is 11.3 Å². The molecule has 1 atom stereocenters. The summed E-state index contributed by atoms with van der Waals surface area (Å²) < 4.78 is 0. The zero-order chi connectivity index (χ0) is 21.1. The van der Waals surface area contributed by atoms with E-state index < -0.39 is 12.0 Å². The Morgan fingerprint density at radius 2 is 2.10 bits per heavy atom. The molecule has 0 bridgehead atoms. The molecule has 1 aliphatic carbocycles. The summed E-state index contributed by atoms with van der Waals surface area (Å²) in [5, 5.41) is 12.1. The molecule has 0 radical (unpaired) electrons. The van der Waals surface area contributed by atoms with Crippen molar-refractivity contribution in [2.75, 3.05) is 16.8 Å². The molecule has 0 spiro atoms. The van der Waals surface area contributed by atoms with Crippen LogP contribution in [0.1, 0.15) is 52.4 Å². The number of anilines is 2. The van der Waals surface area contributed by atoms with Crippen LogP contribution in [0.25, 0.3) is 0 Å². The van der Waals surface area contributed by atoms with Crippen LogP contribution in [0.4, 0.5) is 15.7 Å². The molecule has 0 saturated heterocycles. The SMILES string of the molecule is CCN(C(=O)O)c1ccc(C(=O)C2CCCc3nc(NC(C)=O)sc3C2=O)cn1. The lowest BCUT2D eigenvalue weighted by atomic mass is 9.91. The van der Waals surface area contributed by atoms with Gasteiger partial charge in [0.2, 0.25) is 5.91 Å². The minimum atomic E-state index is -1.13. The third-order valence-corrected chi connectivity index (χ3v) is 5.63. The van der Waals surface area contributed by atoms with Crippen molar-refractivity contribution in [3.8, 4) is 0 Å². The molecule has 9 nitrogen and oxygen atoms in total. The van der Waals surface area contributed by atoms with Gasteiger partial charge in [-0.05, 0) is 38.3 Å². The van der Waals surface area contributed by atoms with Crippen LogP contribution in [0.15, 0.2) is 18.3 Å². The van der Waals surface area contributed by atoms with Crippen LogP contribution in [-0.2, 0) is 11.2 Å². The van der Waals surface area contributed by atoms with Gasteiger partial charge in [0, 0.05) is 25.2 Å². The molecule has 0 aliphatic heterocycles. The lowest BCUT2D eigenvalue weighted by Gasteiger charge is -2.16. The van der Waals surface area contributed by atoms with Gasteiger partial charge < -0.3 is 10.4 Å². The molecule has 2 aromatic rings. The predicted octanol–water partition coefficient (Wildman–Crippen LogP) is 3.02. The van der Waals surface area contributed by atoms with E-state index in [1.807, 2.05) is 0 Å². The quantitative estimate of drug-likeness (QED) is 0.435. The van der Waals surface area contributed by atoms with Gasteiger partial charge in [0.05, 0.1) is 16.5 Å². The number of rotatable bonds is 5. The van der Waals surface area contributed by atoms with Crippen LogP contribution in [-0.4, -0.2) is 45.2 Å². The molecule has 10 heteroatoms. The van der Waals surface area contributed by atoms with Gasteiger partial charge in [0.25, 0.3) is 0 Å². The number of hydrogen-bond donors (Lipinski definition) is 2. The Kier molecular flexibility index (Phi) is 6.02. The Labute approximate surface area is 170 Å². The largest absolute Gasteiger partial charge is 0.465 e. The van der Waals surface area contributed by atoms with E-state index in [1.165, 1.54) is 25.3 Å². The molecule has 2 heterocycles. The molecule has 1 unspecified atom stereocenters. The van der Waals surface area contributed by atoms with Crippen molar-refractivity contribution in [1.29, 1.82) is 0 Å². The monoisotopic (exact) mass is 416 g/mol. The summed E-state index contributed by atoms with van der Waals surface area (Å²) in [6.45, 7) is 3.27. The maximum Gasteiger partial charge on any atom is 0.412 e. The van der Waals surface area contributed by atoms with E-state index in [9.17, 15) is 19.2 Å². The van der Waals surface area contributed by atoms with E-state index in [2.05, 4.69) is 15.3 Å². The standard InChI is InChI=1S/C19H20N4O5S/c1-3-23(19(27)28)14-8-7-11(9-20-14)15(25)12-5-4-6-13-17(16(12)26)29-18(22-13)21-10(2)24/h7-9,12H,3-6H2,1-2H3,(H,27,28)(H,21,22,24). The molecular weight excluding hydrogens is 396 g/mol. The molecule has 2 amide bonds. The number of fused-ring (bicyclic) bond motifs is 1. The third kappa shape index (κ3) is 4.32. The third-order valence-electron chi connectivity index (χ3n) is 4.60. The summed E-state index contributed by atoms with van der Waals surface area (Å²) in [4.78, 5) is 58.2. The highest BCUT2D eigenvalue weighted by atomic mass is 32.1.